The highest BCUT2D eigenvalue weighted by molar-refractivity contribution is 5.48. The average Bonchev–Trinajstić information content (AvgIpc) is 3.31. The Balaban J connectivity index is 1.36. The lowest BCUT2D eigenvalue weighted by Crippen LogP contribution is -2.46. The minimum atomic E-state index is 0.486. The Kier molecular flexibility index (Phi) is 6.76. The summed E-state index contributed by atoms with van der Waals surface area (Å²) in [6.07, 6.45) is 6.33. The van der Waals surface area contributed by atoms with Gasteiger partial charge in [-0.25, -0.2) is 4.98 Å². The fourth-order valence-corrected chi connectivity index (χ4v) is 5.34. The summed E-state index contributed by atoms with van der Waals surface area (Å²) in [5, 5.41) is 4.97. The Bertz CT molecular complexity index is 1030. The molecule has 0 bridgehead atoms. The van der Waals surface area contributed by atoms with Crippen molar-refractivity contribution in [2.45, 2.75) is 58.4 Å². The van der Waals surface area contributed by atoms with E-state index in [-0.39, 0.29) is 0 Å². The zero-order valence-corrected chi connectivity index (χ0v) is 20.2. The Morgan fingerprint density at radius 2 is 1.64 bits per heavy atom. The molecule has 3 aromatic rings. The number of hydrogen-bond acceptors (Lipinski definition) is 6. The molecule has 1 aliphatic carbocycles. The van der Waals surface area contributed by atoms with Crippen LogP contribution in [0.5, 0.6) is 0 Å². The third-order valence-corrected chi connectivity index (χ3v) is 7.30. The first-order chi connectivity index (χ1) is 16.2. The van der Waals surface area contributed by atoms with Crippen LogP contribution in [0.4, 0.5) is 11.5 Å². The van der Waals surface area contributed by atoms with E-state index < -0.39 is 0 Å². The number of nitrogens with zero attached hydrogens (tertiary/aromatic N) is 7. The number of hydrogen-bond donors (Lipinski definition) is 0. The van der Waals surface area contributed by atoms with Gasteiger partial charge in [-0.15, -0.1) is 5.10 Å². The fourth-order valence-electron chi connectivity index (χ4n) is 5.34. The molecular weight excluding hydrogens is 410 g/mol. The maximum Gasteiger partial charge on any atom is 0.254 e. The van der Waals surface area contributed by atoms with Crippen molar-refractivity contribution in [2.75, 3.05) is 49.1 Å². The smallest absolute Gasteiger partial charge is 0.254 e. The van der Waals surface area contributed by atoms with E-state index in [1.807, 2.05) is 4.52 Å². The van der Waals surface area contributed by atoms with Crippen LogP contribution < -0.4 is 9.80 Å². The van der Waals surface area contributed by atoms with Gasteiger partial charge in [0.2, 0.25) is 0 Å². The first-order valence-corrected chi connectivity index (χ1v) is 12.8. The van der Waals surface area contributed by atoms with E-state index in [1.54, 1.807) is 0 Å². The number of rotatable bonds is 7. The number of para-hydroxylation sites is 1. The van der Waals surface area contributed by atoms with Crippen LogP contribution in [0.15, 0.2) is 36.4 Å². The van der Waals surface area contributed by atoms with Crippen molar-refractivity contribution in [3.05, 3.63) is 47.9 Å². The highest BCUT2D eigenvalue weighted by atomic mass is 15.4. The lowest BCUT2D eigenvalue weighted by atomic mass is 9.89. The van der Waals surface area contributed by atoms with Crippen LogP contribution in [-0.2, 0) is 6.54 Å². The number of piperazine rings is 1. The third-order valence-electron chi connectivity index (χ3n) is 7.30. The van der Waals surface area contributed by atoms with Crippen LogP contribution in [-0.4, -0.2) is 63.8 Å². The molecule has 2 aliphatic rings. The largest absolute Gasteiger partial charge is 0.369 e. The van der Waals surface area contributed by atoms with E-state index >= 15 is 0 Å². The van der Waals surface area contributed by atoms with Crippen molar-refractivity contribution in [1.82, 2.24) is 24.5 Å². The van der Waals surface area contributed by atoms with E-state index in [0.29, 0.717) is 5.92 Å². The van der Waals surface area contributed by atoms with Gasteiger partial charge in [0.25, 0.3) is 5.78 Å². The van der Waals surface area contributed by atoms with E-state index in [0.717, 1.165) is 68.9 Å². The van der Waals surface area contributed by atoms with Gasteiger partial charge in [0.1, 0.15) is 5.82 Å². The summed E-state index contributed by atoms with van der Waals surface area (Å²) in [7, 11) is 0. The van der Waals surface area contributed by atoms with Crippen molar-refractivity contribution in [1.29, 1.82) is 0 Å². The van der Waals surface area contributed by atoms with Crippen molar-refractivity contribution >= 4 is 17.3 Å². The van der Waals surface area contributed by atoms with Crippen molar-refractivity contribution < 1.29 is 0 Å². The molecule has 0 radical (unpaired) electrons. The highest BCUT2D eigenvalue weighted by Crippen LogP contribution is 2.31. The quantitative estimate of drug-likeness (QED) is 0.537. The van der Waals surface area contributed by atoms with Gasteiger partial charge in [-0.1, -0.05) is 37.5 Å². The Hall–Kier alpha value is -2.67. The standard InChI is InChI=1S/C26H37N7/c1-3-31(4-2)24-19-22(20-30-15-17-32(18-16-30)23-13-9-6-10-14-23)27-26-28-25(29-33(24)26)21-11-7-5-8-12-21/h6,9-10,13-14,19,21H,3-5,7-8,11-12,15-18,20H2,1-2H3. The molecular formula is C26H37N7. The Morgan fingerprint density at radius 3 is 2.33 bits per heavy atom. The van der Waals surface area contributed by atoms with E-state index in [9.17, 15) is 0 Å². The van der Waals surface area contributed by atoms with Gasteiger partial charge in [0.05, 0.1) is 5.69 Å². The van der Waals surface area contributed by atoms with Gasteiger partial charge >= 0.3 is 0 Å². The summed E-state index contributed by atoms with van der Waals surface area (Å²) >= 11 is 0. The van der Waals surface area contributed by atoms with Gasteiger partial charge in [-0.05, 0) is 38.8 Å². The van der Waals surface area contributed by atoms with E-state index in [2.05, 4.69) is 64.9 Å². The summed E-state index contributed by atoms with van der Waals surface area (Å²) in [6, 6.07) is 13.0. The predicted octanol–water partition coefficient (Wildman–Crippen LogP) is 4.34. The molecule has 0 amide bonds. The molecule has 0 atom stereocenters. The lowest BCUT2D eigenvalue weighted by Gasteiger charge is -2.36. The van der Waals surface area contributed by atoms with Gasteiger partial charge in [0.15, 0.2) is 5.82 Å². The summed E-state index contributed by atoms with van der Waals surface area (Å²) in [4.78, 5) is 17.3. The molecule has 0 N–H and O–H groups in total. The zero-order chi connectivity index (χ0) is 22.6. The molecule has 2 fully saturated rings. The first kappa shape index (κ1) is 22.1. The molecule has 0 unspecified atom stereocenters. The van der Waals surface area contributed by atoms with Crippen molar-refractivity contribution in [2.24, 2.45) is 0 Å². The van der Waals surface area contributed by atoms with Crippen LogP contribution in [0.3, 0.4) is 0 Å². The molecule has 0 spiro atoms. The zero-order valence-electron chi connectivity index (χ0n) is 20.2. The minimum Gasteiger partial charge on any atom is -0.369 e. The van der Waals surface area contributed by atoms with Gasteiger partial charge in [-0.3, -0.25) is 4.90 Å². The molecule has 1 saturated heterocycles. The summed E-state index contributed by atoms with van der Waals surface area (Å²) in [6.45, 7) is 11.4. The molecule has 1 aliphatic heterocycles. The fraction of sp³-hybridized carbons (Fsp3) is 0.577. The Labute approximate surface area is 197 Å². The Morgan fingerprint density at radius 1 is 0.909 bits per heavy atom. The number of aromatic nitrogens is 4. The monoisotopic (exact) mass is 447 g/mol. The molecule has 1 aromatic carbocycles. The van der Waals surface area contributed by atoms with E-state index in [1.165, 1.54) is 37.8 Å². The topological polar surface area (TPSA) is 52.8 Å². The van der Waals surface area contributed by atoms with Crippen molar-refractivity contribution in [3.8, 4) is 0 Å². The van der Waals surface area contributed by atoms with Crippen LogP contribution in [0.25, 0.3) is 5.78 Å². The van der Waals surface area contributed by atoms with Crippen LogP contribution in [0.1, 0.15) is 63.4 Å². The molecule has 2 aromatic heterocycles. The van der Waals surface area contributed by atoms with Crippen molar-refractivity contribution in [3.63, 3.8) is 0 Å². The highest BCUT2D eigenvalue weighted by Gasteiger charge is 2.23. The number of fused-ring (bicyclic) bond motifs is 1. The SMILES string of the molecule is CCN(CC)c1cc(CN2CCN(c3ccccc3)CC2)nc2nc(C3CCCCC3)nn12. The second-order valence-corrected chi connectivity index (χ2v) is 9.39. The molecule has 176 valence electrons. The van der Waals surface area contributed by atoms with Gasteiger partial charge < -0.3 is 9.80 Å². The van der Waals surface area contributed by atoms with Gasteiger partial charge in [0, 0.05) is 63.5 Å². The molecule has 33 heavy (non-hydrogen) atoms. The van der Waals surface area contributed by atoms with Crippen LogP contribution >= 0.6 is 0 Å². The minimum absolute atomic E-state index is 0.486. The average molecular weight is 448 g/mol. The summed E-state index contributed by atoms with van der Waals surface area (Å²) in [5.41, 5.74) is 2.42. The third kappa shape index (κ3) is 4.83. The maximum absolute atomic E-state index is 4.98. The second kappa shape index (κ2) is 10.1. The maximum atomic E-state index is 4.98. The van der Waals surface area contributed by atoms with E-state index in [4.69, 9.17) is 15.1 Å². The predicted molar refractivity (Wildman–Crippen MR) is 134 cm³/mol. The molecule has 1 saturated carbocycles. The number of anilines is 2. The second-order valence-electron chi connectivity index (χ2n) is 9.39. The van der Waals surface area contributed by atoms with Crippen LogP contribution in [0.2, 0.25) is 0 Å². The normalized spacial score (nSPS) is 18.2. The van der Waals surface area contributed by atoms with Gasteiger partial charge in [-0.2, -0.15) is 9.50 Å². The van der Waals surface area contributed by atoms with Crippen LogP contribution in [0, 0.1) is 0 Å². The molecule has 7 nitrogen and oxygen atoms in total. The summed E-state index contributed by atoms with van der Waals surface area (Å²) in [5.74, 6) is 3.36. The molecule has 5 rings (SSSR count). The first-order valence-electron chi connectivity index (χ1n) is 12.8. The lowest BCUT2D eigenvalue weighted by molar-refractivity contribution is 0.247. The number of benzene rings is 1. The molecule has 3 heterocycles. The molecule has 7 heteroatoms. The summed E-state index contributed by atoms with van der Waals surface area (Å²) < 4.78 is 1.99.